The Morgan fingerprint density at radius 2 is 1.64 bits per heavy atom. The lowest BCUT2D eigenvalue weighted by molar-refractivity contribution is 0.197. The van der Waals surface area contributed by atoms with Crippen LogP contribution in [0.1, 0.15) is 13.8 Å². The molecule has 0 N–H and O–H groups in total. The second-order valence-corrected chi connectivity index (χ2v) is 3.55. The molecular weight excluding hydrogens is 136 g/mol. The van der Waals surface area contributed by atoms with E-state index in [1.54, 1.807) is 0 Å². The second kappa shape index (κ2) is 3.77. The van der Waals surface area contributed by atoms with Gasteiger partial charge in [0.1, 0.15) is 0 Å². The van der Waals surface area contributed by atoms with E-state index in [1.807, 2.05) is 0 Å². The number of nitrogens with zero attached hydrogens (tertiary/aromatic N) is 2. The van der Waals surface area contributed by atoms with E-state index in [4.69, 9.17) is 0 Å². The van der Waals surface area contributed by atoms with Crippen molar-refractivity contribution in [3.63, 3.8) is 0 Å². The largest absolute Gasteiger partial charge is 0.375 e. The zero-order valence-corrected chi connectivity index (χ0v) is 7.80. The molecule has 0 bridgehead atoms. The molecule has 1 saturated heterocycles. The molecule has 0 atom stereocenters. The normalized spacial score (nSPS) is 20.1. The van der Waals surface area contributed by atoms with Crippen molar-refractivity contribution in [2.45, 2.75) is 13.8 Å². The molecule has 11 heavy (non-hydrogen) atoms. The second-order valence-electron chi connectivity index (χ2n) is 3.55. The van der Waals surface area contributed by atoms with Gasteiger partial charge in [0.25, 0.3) is 0 Å². The molecule has 1 heterocycles. The molecule has 1 aliphatic heterocycles. The van der Waals surface area contributed by atoms with Gasteiger partial charge in [-0.15, -0.1) is 0 Å². The van der Waals surface area contributed by atoms with E-state index < -0.39 is 0 Å². The van der Waals surface area contributed by atoms with Gasteiger partial charge >= 0.3 is 0 Å². The van der Waals surface area contributed by atoms with Gasteiger partial charge in [-0.2, -0.15) is 0 Å². The molecule has 0 saturated carbocycles. The van der Waals surface area contributed by atoms with Gasteiger partial charge in [0.05, 0.1) is 0 Å². The van der Waals surface area contributed by atoms with Crippen LogP contribution in [0.25, 0.3) is 0 Å². The van der Waals surface area contributed by atoms with E-state index in [0.717, 1.165) is 0 Å². The van der Waals surface area contributed by atoms with Crippen LogP contribution in [0.5, 0.6) is 0 Å². The van der Waals surface area contributed by atoms with E-state index in [-0.39, 0.29) is 0 Å². The highest BCUT2D eigenvalue weighted by Gasteiger charge is 2.09. The summed E-state index contributed by atoms with van der Waals surface area (Å²) in [7, 11) is 2.18. The van der Waals surface area contributed by atoms with Crippen molar-refractivity contribution in [3.8, 4) is 0 Å². The molecule has 2 nitrogen and oxygen atoms in total. The van der Waals surface area contributed by atoms with Gasteiger partial charge in [0.15, 0.2) is 0 Å². The van der Waals surface area contributed by atoms with E-state index >= 15 is 0 Å². The molecule has 2 heteroatoms. The minimum atomic E-state index is 1.18. The first-order valence-corrected chi connectivity index (χ1v) is 4.26. The number of allylic oxidation sites excluding steroid dienone is 1. The summed E-state index contributed by atoms with van der Waals surface area (Å²) in [5, 5.41) is 0. The molecule has 0 unspecified atom stereocenters. The monoisotopic (exact) mass is 154 g/mol. The van der Waals surface area contributed by atoms with Crippen LogP contribution in [-0.2, 0) is 0 Å². The minimum Gasteiger partial charge on any atom is -0.375 e. The maximum atomic E-state index is 2.40. The average molecular weight is 154 g/mol. The fourth-order valence-electron chi connectivity index (χ4n) is 1.32. The number of hydrogen-bond acceptors (Lipinski definition) is 2. The van der Waals surface area contributed by atoms with Crippen LogP contribution in [0.4, 0.5) is 0 Å². The molecule has 1 aliphatic rings. The molecule has 0 aliphatic carbocycles. The van der Waals surface area contributed by atoms with Crippen LogP contribution in [0, 0.1) is 0 Å². The summed E-state index contributed by atoms with van der Waals surface area (Å²) < 4.78 is 0. The number of likely N-dealkylation sites (N-methyl/N-ethyl adjacent to an activating group) is 1. The van der Waals surface area contributed by atoms with Crippen molar-refractivity contribution in [2.75, 3.05) is 33.2 Å². The number of piperazine rings is 1. The zero-order valence-electron chi connectivity index (χ0n) is 7.80. The number of hydrogen-bond donors (Lipinski definition) is 0. The third-order valence-corrected chi connectivity index (χ3v) is 1.98. The Bertz CT molecular complexity index is 140. The maximum Gasteiger partial charge on any atom is 0.0300 e. The average Bonchev–Trinajstić information content (AvgIpc) is 1.93. The highest BCUT2D eigenvalue weighted by Crippen LogP contribution is 2.01. The molecular formula is C9H18N2. The van der Waals surface area contributed by atoms with Crippen molar-refractivity contribution in [2.24, 2.45) is 0 Å². The van der Waals surface area contributed by atoms with Gasteiger partial charge in [-0.05, 0) is 27.1 Å². The fraction of sp³-hybridized carbons (Fsp3) is 0.778. The minimum absolute atomic E-state index is 1.18. The van der Waals surface area contributed by atoms with Crippen molar-refractivity contribution in [1.82, 2.24) is 9.80 Å². The van der Waals surface area contributed by atoms with E-state index in [0.29, 0.717) is 0 Å². The summed E-state index contributed by atoms with van der Waals surface area (Å²) in [6.07, 6.45) is 2.26. The van der Waals surface area contributed by atoms with Gasteiger partial charge in [0, 0.05) is 26.2 Å². The lowest BCUT2D eigenvalue weighted by atomic mass is 10.3. The van der Waals surface area contributed by atoms with Crippen LogP contribution in [0.15, 0.2) is 11.8 Å². The Morgan fingerprint density at radius 1 is 1.09 bits per heavy atom. The predicted molar refractivity (Wildman–Crippen MR) is 48.5 cm³/mol. The van der Waals surface area contributed by atoms with Gasteiger partial charge in [0.2, 0.25) is 0 Å². The Morgan fingerprint density at radius 3 is 2.09 bits per heavy atom. The summed E-state index contributed by atoms with van der Waals surface area (Å²) >= 11 is 0. The Labute approximate surface area is 69.5 Å². The van der Waals surface area contributed by atoms with E-state index in [9.17, 15) is 0 Å². The van der Waals surface area contributed by atoms with Crippen molar-refractivity contribution in [3.05, 3.63) is 11.8 Å². The molecule has 64 valence electrons. The molecule has 0 amide bonds. The molecule has 0 aromatic carbocycles. The molecule has 0 spiro atoms. The highest BCUT2D eigenvalue weighted by molar-refractivity contribution is 4.94. The molecule has 0 radical (unpaired) electrons. The summed E-state index contributed by atoms with van der Waals surface area (Å²) in [5.41, 5.74) is 1.40. The first-order valence-electron chi connectivity index (χ1n) is 4.26. The number of rotatable bonds is 1. The molecule has 1 rings (SSSR count). The van der Waals surface area contributed by atoms with Crippen LogP contribution in [-0.4, -0.2) is 43.0 Å². The van der Waals surface area contributed by atoms with Crippen LogP contribution >= 0.6 is 0 Å². The smallest absolute Gasteiger partial charge is 0.0300 e. The van der Waals surface area contributed by atoms with Crippen molar-refractivity contribution >= 4 is 0 Å². The van der Waals surface area contributed by atoms with Gasteiger partial charge in [-0.1, -0.05) is 5.57 Å². The lowest BCUT2D eigenvalue weighted by Crippen LogP contribution is -2.41. The molecule has 1 fully saturated rings. The van der Waals surface area contributed by atoms with Crippen LogP contribution < -0.4 is 0 Å². The quantitative estimate of drug-likeness (QED) is 0.559. The zero-order chi connectivity index (χ0) is 8.27. The summed E-state index contributed by atoms with van der Waals surface area (Å²) in [5.74, 6) is 0. The van der Waals surface area contributed by atoms with Gasteiger partial charge < -0.3 is 9.80 Å². The maximum absolute atomic E-state index is 2.40. The molecule has 0 aromatic heterocycles. The topological polar surface area (TPSA) is 6.48 Å². The summed E-state index contributed by atoms with van der Waals surface area (Å²) in [4.78, 5) is 4.77. The Hall–Kier alpha value is -0.500. The third-order valence-electron chi connectivity index (χ3n) is 1.98. The van der Waals surface area contributed by atoms with Crippen molar-refractivity contribution < 1.29 is 0 Å². The summed E-state index contributed by atoms with van der Waals surface area (Å²) in [6.45, 7) is 9.06. The third kappa shape index (κ3) is 2.93. The van der Waals surface area contributed by atoms with Crippen LogP contribution in [0.3, 0.4) is 0 Å². The first kappa shape index (κ1) is 8.60. The van der Waals surface area contributed by atoms with Gasteiger partial charge in [-0.25, -0.2) is 0 Å². The highest BCUT2D eigenvalue weighted by atomic mass is 15.2. The summed E-state index contributed by atoms with van der Waals surface area (Å²) in [6, 6.07) is 0. The van der Waals surface area contributed by atoms with Crippen LogP contribution in [0.2, 0.25) is 0 Å². The Kier molecular flexibility index (Phi) is 2.94. The SMILES string of the molecule is CC(C)=CN1CCN(C)CC1. The fourth-order valence-corrected chi connectivity index (χ4v) is 1.32. The standard InChI is InChI=1S/C9H18N2/c1-9(2)8-11-6-4-10(3)5-7-11/h8H,4-7H2,1-3H3. The Balaban J connectivity index is 2.34. The lowest BCUT2D eigenvalue weighted by Gasteiger charge is -2.31. The first-order chi connectivity index (χ1) is 5.18. The van der Waals surface area contributed by atoms with Gasteiger partial charge in [-0.3, -0.25) is 0 Å². The van der Waals surface area contributed by atoms with Crippen molar-refractivity contribution in [1.29, 1.82) is 0 Å². The van der Waals surface area contributed by atoms with E-state index in [1.165, 1.54) is 31.8 Å². The molecule has 0 aromatic rings. The predicted octanol–water partition coefficient (Wildman–Crippen LogP) is 1.16. The van der Waals surface area contributed by atoms with E-state index in [2.05, 4.69) is 36.9 Å².